The molecule has 0 radical (unpaired) electrons. The lowest BCUT2D eigenvalue weighted by Crippen LogP contribution is -2.28. The SMILES string of the molecule is Cc1cccc(F)c1Nc1nc2cnc(NC3CCOCC3)nc2n1[C@H]1CC[C@@H](O)CC1. The molecule has 170 valence electrons. The summed E-state index contributed by atoms with van der Waals surface area (Å²) in [6, 6.07) is 5.39. The number of ether oxygens (including phenoxy) is 1. The van der Waals surface area contributed by atoms with Crippen molar-refractivity contribution in [2.24, 2.45) is 0 Å². The maximum atomic E-state index is 14.6. The van der Waals surface area contributed by atoms with Gasteiger partial charge in [-0.2, -0.15) is 4.98 Å². The van der Waals surface area contributed by atoms with Crippen molar-refractivity contribution in [3.8, 4) is 0 Å². The number of nitrogens with zero attached hydrogens (tertiary/aromatic N) is 4. The Hall–Kier alpha value is -2.78. The summed E-state index contributed by atoms with van der Waals surface area (Å²) in [7, 11) is 0. The summed E-state index contributed by atoms with van der Waals surface area (Å²) in [6.07, 6.45) is 6.35. The van der Waals surface area contributed by atoms with Gasteiger partial charge in [0.15, 0.2) is 5.65 Å². The van der Waals surface area contributed by atoms with Crippen LogP contribution in [0.15, 0.2) is 24.4 Å². The summed E-state index contributed by atoms with van der Waals surface area (Å²) in [5.41, 5.74) is 2.58. The molecule has 0 amide bonds. The number of aliphatic hydroxyl groups is 1. The molecule has 1 aliphatic carbocycles. The molecule has 5 rings (SSSR count). The van der Waals surface area contributed by atoms with Crippen molar-refractivity contribution in [1.29, 1.82) is 0 Å². The zero-order chi connectivity index (χ0) is 22.1. The molecule has 0 unspecified atom stereocenters. The van der Waals surface area contributed by atoms with Crippen LogP contribution in [0, 0.1) is 12.7 Å². The van der Waals surface area contributed by atoms with Gasteiger partial charge < -0.3 is 20.5 Å². The van der Waals surface area contributed by atoms with Crippen LogP contribution in [-0.2, 0) is 4.74 Å². The van der Waals surface area contributed by atoms with Crippen LogP contribution in [0.5, 0.6) is 0 Å². The molecule has 3 N–H and O–H groups in total. The fourth-order valence-electron chi connectivity index (χ4n) is 4.64. The molecule has 8 nitrogen and oxygen atoms in total. The van der Waals surface area contributed by atoms with E-state index in [1.165, 1.54) is 6.07 Å². The van der Waals surface area contributed by atoms with Gasteiger partial charge in [0.25, 0.3) is 0 Å². The lowest BCUT2D eigenvalue weighted by atomic mass is 9.93. The third-order valence-electron chi connectivity index (χ3n) is 6.48. The second-order valence-electron chi connectivity index (χ2n) is 8.76. The molecule has 0 atom stereocenters. The summed E-state index contributed by atoms with van der Waals surface area (Å²) in [6.45, 7) is 3.34. The number of hydrogen-bond donors (Lipinski definition) is 3. The van der Waals surface area contributed by atoms with E-state index < -0.39 is 0 Å². The Balaban J connectivity index is 1.53. The second kappa shape index (κ2) is 8.99. The smallest absolute Gasteiger partial charge is 0.224 e. The maximum absolute atomic E-state index is 14.6. The predicted octanol–water partition coefficient (Wildman–Crippen LogP) is 4.08. The molecular weight excluding hydrogens is 411 g/mol. The zero-order valence-corrected chi connectivity index (χ0v) is 18.2. The van der Waals surface area contributed by atoms with E-state index in [0.717, 1.165) is 57.3 Å². The molecular formula is C23H29FN6O2. The van der Waals surface area contributed by atoms with E-state index in [1.54, 1.807) is 12.3 Å². The molecule has 2 aromatic heterocycles. The molecule has 1 aromatic carbocycles. The first-order valence-electron chi connectivity index (χ1n) is 11.4. The number of aryl methyl sites for hydroxylation is 1. The van der Waals surface area contributed by atoms with Gasteiger partial charge in [-0.25, -0.2) is 14.4 Å². The quantitative estimate of drug-likeness (QED) is 0.550. The van der Waals surface area contributed by atoms with Crippen molar-refractivity contribution in [2.45, 2.75) is 63.6 Å². The molecule has 2 fully saturated rings. The standard InChI is InChI=1S/C23H29FN6O2/c1-14-3-2-4-18(24)20(14)28-23-27-19-13-25-22(26-15-9-11-32-12-10-15)29-21(19)30(23)16-5-7-17(31)8-6-16/h2-4,13,15-17,31H,5-12H2,1H3,(H,27,28)(H,25,26,29)/t16-,17+. The summed E-state index contributed by atoms with van der Waals surface area (Å²) >= 11 is 0. The highest BCUT2D eigenvalue weighted by Gasteiger charge is 2.27. The topological polar surface area (TPSA) is 97.1 Å². The number of aliphatic hydroxyl groups excluding tert-OH is 1. The average molecular weight is 441 g/mol. The third kappa shape index (κ3) is 4.27. The Labute approximate surface area is 186 Å². The van der Waals surface area contributed by atoms with Crippen molar-refractivity contribution in [2.75, 3.05) is 23.8 Å². The number of anilines is 3. The number of nitrogens with one attached hydrogen (secondary N) is 2. The third-order valence-corrected chi connectivity index (χ3v) is 6.48. The Morgan fingerprint density at radius 3 is 2.62 bits per heavy atom. The van der Waals surface area contributed by atoms with Gasteiger partial charge in [-0.15, -0.1) is 0 Å². The number of fused-ring (bicyclic) bond motifs is 1. The highest BCUT2D eigenvalue weighted by atomic mass is 19.1. The molecule has 9 heteroatoms. The normalized spacial score (nSPS) is 22.2. The number of halogens is 1. The zero-order valence-electron chi connectivity index (χ0n) is 18.2. The summed E-state index contributed by atoms with van der Waals surface area (Å²) in [5, 5.41) is 16.6. The van der Waals surface area contributed by atoms with Crippen LogP contribution in [0.1, 0.15) is 50.1 Å². The Morgan fingerprint density at radius 2 is 1.88 bits per heavy atom. The highest BCUT2D eigenvalue weighted by molar-refractivity contribution is 5.77. The Bertz CT molecular complexity index is 1070. The first-order valence-corrected chi connectivity index (χ1v) is 11.4. The molecule has 0 bridgehead atoms. The van der Waals surface area contributed by atoms with E-state index in [0.29, 0.717) is 28.7 Å². The first-order chi connectivity index (χ1) is 15.6. The molecule has 32 heavy (non-hydrogen) atoms. The van der Waals surface area contributed by atoms with Gasteiger partial charge in [0.1, 0.15) is 11.3 Å². The maximum Gasteiger partial charge on any atom is 0.224 e. The molecule has 1 aliphatic heterocycles. The van der Waals surface area contributed by atoms with E-state index in [9.17, 15) is 9.50 Å². The monoisotopic (exact) mass is 440 g/mol. The van der Waals surface area contributed by atoms with Gasteiger partial charge in [-0.3, -0.25) is 4.57 Å². The highest BCUT2D eigenvalue weighted by Crippen LogP contribution is 2.35. The Morgan fingerprint density at radius 1 is 1.09 bits per heavy atom. The lowest BCUT2D eigenvalue weighted by molar-refractivity contribution is 0.0903. The van der Waals surface area contributed by atoms with E-state index in [-0.39, 0.29) is 24.0 Å². The van der Waals surface area contributed by atoms with E-state index in [1.807, 2.05) is 13.0 Å². The van der Waals surface area contributed by atoms with Crippen LogP contribution in [-0.4, -0.2) is 50.0 Å². The van der Waals surface area contributed by atoms with Crippen LogP contribution in [0.25, 0.3) is 11.2 Å². The number of rotatable bonds is 5. The molecule has 3 aromatic rings. The number of para-hydroxylation sites is 1. The van der Waals surface area contributed by atoms with E-state index >= 15 is 0 Å². The lowest BCUT2D eigenvalue weighted by Gasteiger charge is -2.28. The van der Waals surface area contributed by atoms with E-state index in [4.69, 9.17) is 14.7 Å². The minimum Gasteiger partial charge on any atom is -0.393 e. The first kappa shape index (κ1) is 21.1. The minimum atomic E-state index is -0.323. The van der Waals surface area contributed by atoms with Crippen molar-refractivity contribution >= 4 is 28.7 Å². The van der Waals surface area contributed by atoms with Gasteiger partial charge >= 0.3 is 0 Å². The van der Waals surface area contributed by atoms with Crippen molar-refractivity contribution in [3.05, 3.63) is 35.8 Å². The van der Waals surface area contributed by atoms with Crippen molar-refractivity contribution in [1.82, 2.24) is 19.5 Å². The van der Waals surface area contributed by atoms with Crippen LogP contribution >= 0.6 is 0 Å². The van der Waals surface area contributed by atoms with Crippen LogP contribution < -0.4 is 10.6 Å². The van der Waals surface area contributed by atoms with Crippen LogP contribution in [0.4, 0.5) is 22.0 Å². The predicted molar refractivity (Wildman–Crippen MR) is 121 cm³/mol. The number of hydrogen-bond acceptors (Lipinski definition) is 7. The van der Waals surface area contributed by atoms with E-state index in [2.05, 4.69) is 20.2 Å². The number of aromatic nitrogens is 4. The van der Waals surface area contributed by atoms with Crippen molar-refractivity contribution in [3.63, 3.8) is 0 Å². The summed E-state index contributed by atoms with van der Waals surface area (Å²) < 4.78 is 22.1. The van der Waals surface area contributed by atoms with Gasteiger partial charge in [-0.05, 0) is 57.1 Å². The molecule has 1 saturated carbocycles. The number of imidazole rings is 1. The molecule has 0 spiro atoms. The number of benzene rings is 1. The molecule has 1 saturated heterocycles. The molecule has 2 aliphatic rings. The van der Waals surface area contributed by atoms with Gasteiger partial charge in [0.2, 0.25) is 11.9 Å². The van der Waals surface area contributed by atoms with Gasteiger partial charge in [-0.1, -0.05) is 12.1 Å². The fourth-order valence-corrected chi connectivity index (χ4v) is 4.64. The minimum absolute atomic E-state index is 0.115. The van der Waals surface area contributed by atoms with Crippen LogP contribution in [0.2, 0.25) is 0 Å². The van der Waals surface area contributed by atoms with Crippen molar-refractivity contribution < 1.29 is 14.2 Å². The second-order valence-corrected chi connectivity index (χ2v) is 8.76. The largest absolute Gasteiger partial charge is 0.393 e. The average Bonchev–Trinajstić information content (AvgIpc) is 3.15. The fraction of sp³-hybridized carbons (Fsp3) is 0.522. The summed E-state index contributed by atoms with van der Waals surface area (Å²) in [5.74, 6) is 0.790. The summed E-state index contributed by atoms with van der Waals surface area (Å²) in [4.78, 5) is 14.0. The Kier molecular flexibility index (Phi) is 5.93. The van der Waals surface area contributed by atoms with Crippen LogP contribution in [0.3, 0.4) is 0 Å². The molecule has 3 heterocycles. The van der Waals surface area contributed by atoms with Gasteiger partial charge in [0, 0.05) is 25.3 Å². The van der Waals surface area contributed by atoms with Gasteiger partial charge in [0.05, 0.1) is 18.0 Å².